The van der Waals surface area contributed by atoms with Crippen LogP contribution in [0.5, 0.6) is 5.75 Å². The van der Waals surface area contributed by atoms with Crippen molar-refractivity contribution >= 4 is 11.6 Å². The first-order valence-corrected chi connectivity index (χ1v) is 6.22. The number of ether oxygens (including phenoxy) is 1. The SMILES string of the molecule is COc1ccc(N)c(C(=O)N(C)CC2CC2C)c1. The highest BCUT2D eigenvalue weighted by atomic mass is 16.5. The van der Waals surface area contributed by atoms with E-state index in [1.54, 1.807) is 30.2 Å². The zero-order valence-corrected chi connectivity index (χ0v) is 11.1. The van der Waals surface area contributed by atoms with E-state index >= 15 is 0 Å². The van der Waals surface area contributed by atoms with E-state index in [9.17, 15) is 4.79 Å². The average Bonchev–Trinajstić information content (AvgIpc) is 3.04. The third-order valence-corrected chi connectivity index (χ3v) is 3.62. The summed E-state index contributed by atoms with van der Waals surface area (Å²) in [5.41, 5.74) is 6.87. The van der Waals surface area contributed by atoms with Crippen LogP contribution >= 0.6 is 0 Å². The summed E-state index contributed by atoms with van der Waals surface area (Å²) < 4.78 is 5.12. The van der Waals surface area contributed by atoms with Crippen LogP contribution in [0.25, 0.3) is 0 Å². The predicted molar refractivity (Wildman–Crippen MR) is 71.6 cm³/mol. The minimum absolute atomic E-state index is 0.0366. The van der Waals surface area contributed by atoms with Crippen molar-refractivity contribution in [2.45, 2.75) is 13.3 Å². The molecule has 1 aromatic rings. The standard InChI is InChI=1S/C14H20N2O2/c1-9-6-10(9)8-16(2)14(17)12-7-11(18-3)4-5-13(12)15/h4-5,7,9-10H,6,8,15H2,1-3H3. The van der Waals surface area contributed by atoms with Crippen LogP contribution in [0.15, 0.2) is 18.2 Å². The summed E-state index contributed by atoms with van der Waals surface area (Å²) in [6.45, 7) is 3.01. The zero-order chi connectivity index (χ0) is 13.3. The van der Waals surface area contributed by atoms with Crippen LogP contribution in [0.2, 0.25) is 0 Å². The van der Waals surface area contributed by atoms with Crippen molar-refractivity contribution in [3.05, 3.63) is 23.8 Å². The maximum absolute atomic E-state index is 12.3. The molecule has 0 bridgehead atoms. The van der Waals surface area contributed by atoms with Crippen LogP contribution in [-0.4, -0.2) is 31.5 Å². The predicted octanol–water partition coefficient (Wildman–Crippen LogP) is 2.01. The summed E-state index contributed by atoms with van der Waals surface area (Å²) in [5, 5.41) is 0. The molecule has 0 spiro atoms. The van der Waals surface area contributed by atoms with Gasteiger partial charge in [-0.05, 0) is 36.5 Å². The number of hydrogen-bond acceptors (Lipinski definition) is 3. The number of nitrogen functional groups attached to an aromatic ring is 1. The van der Waals surface area contributed by atoms with Gasteiger partial charge in [-0.15, -0.1) is 0 Å². The summed E-state index contributed by atoms with van der Waals surface area (Å²) in [5.74, 6) is 2.00. The van der Waals surface area contributed by atoms with E-state index in [1.165, 1.54) is 6.42 Å². The molecule has 1 aromatic carbocycles. The van der Waals surface area contributed by atoms with Gasteiger partial charge in [-0.1, -0.05) is 6.92 Å². The Hall–Kier alpha value is -1.71. The zero-order valence-electron chi connectivity index (χ0n) is 11.1. The second-order valence-corrected chi connectivity index (χ2v) is 5.11. The minimum Gasteiger partial charge on any atom is -0.497 e. The largest absolute Gasteiger partial charge is 0.497 e. The van der Waals surface area contributed by atoms with Crippen LogP contribution in [0, 0.1) is 11.8 Å². The van der Waals surface area contributed by atoms with Crippen molar-refractivity contribution in [2.24, 2.45) is 11.8 Å². The van der Waals surface area contributed by atoms with Gasteiger partial charge in [0.15, 0.2) is 0 Å². The van der Waals surface area contributed by atoms with Crippen molar-refractivity contribution in [1.82, 2.24) is 4.90 Å². The van der Waals surface area contributed by atoms with Crippen LogP contribution < -0.4 is 10.5 Å². The van der Waals surface area contributed by atoms with Crippen molar-refractivity contribution in [1.29, 1.82) is 0 Å². The van der Waals surface area contributed by atoms with Gasteiger partial charge in [0, 0.05) is 19.3 Å². The minimum atomic E-state index is -0.0366. The maximum Gasteiger partial charge on any atom is 0.255 e. The number of amides is 1. The highest BCUT2D eigenvalue weighted by molar-refractivity contribution is 5.99. The lowest BCUT2D eigenvalue weighted by atomic mass is 10.1. The molecule has 4 heteroatoms. The number of carbonyl (C=O) groups is 1. The summed E-state index contributed by atoms with van der Waals surface area (Å²) in [7, 11) is 3.40. The van der Waals surface area contributed by atoms with Crippen LogP contribution in [0.3, 0.4) is 0 Å². The van der Waals surface area contributed by atoms with E-state index in [0.717, 1.165) is 12.5 Å². The Kier molecular flexibility index (Phi) is 3.45. The second-order valence-electron chi connectivity index (χ2n) is 5.11. The Bertz CT molecular complexity index is 459. The molecule has 2 unspecified atom stereocenters. The van der Waals surface area contributed by atoms with Gasteiger partial charge in [0.25, 0.3) is 5.91 Å². The summed E-state index contributed by atoms with van der Waals surface area (Å²) in [4.78, 5) is 14.0. The number of methoxy groups -OCH3 is 1. The first-order valence-electron chi connectivity index (χ1n) is 6.22. The molecule has 98 valence electrons. The molecule has 1 amide bonds. The Labute approximate surface area is 108 Å². The van der Waals surface area contributed by atoms with Gasteiger partial charge in [-0.2, -0.15) is 0 Å². The molecule has 2 atom stereocenters. The lowest BCUT2D eigenvalue weighted by Crippen LogP contribution is -2.29. The Morgan fingerprint density at radius 1 is 1.56 bits per heavy atom. The number of anilines is 1. The molecule has 1 aliphatic rings. The highest BCUT2D eigenvalue weighted by Crippen LogP contribution is 2.38. The fourth-order valence-electron chi connectivity index (χ4n) is 2.14. The lowest BCUT2D eigenvalue weighted by molar-refractivity contribution is 0.0787. The molecule has 0 radical (unpaired) electrons. The summed E-state index contributed by atoms with van der Waals surface area (Å²) in [6.07, 6.45) is 1.21. The van der Waals surface area contributed by atoms with Crippen molar-refractivity contribution in [3.63, 3.8) is 0 Å². The molecule has 1 aliphatic carbocycles. The third kappa shape index (κ3) is 2.58. The molecule has 0 aromatic heterocycles. The van der Waals surface area contributed by atoms with Gasteiger partial charge >= 0.3 is 0 Å². The number of hydrogen-bond donors (Lipinski definition) is 1. The van der Waals surface area contributed by atoms with Crippen molar-refractivity contribution in [2.75, 3.05) is 26.4 Å². The smallest absolute Gasteiger partial charge is 0.255 e. The van der Waals surface area contributed by atoms with Crippen molar-refractivity contribution in [3.8, 4) is 5.75 Å². The Morgan fingerprint density at radius 2 is 2.22 bits per heavy atom. The van der Waals surface area contributed by atoms with E-state index in [2.05, 4.69) is 6.92 Å². The molecule has 18 heavy (non-hydrogen) atoms. The fourth-order valence-corrected chi connectivity index (χ4v) is 2.14. The van der Waals surface area contributed by atoms with E-state index in [4.69, 9.17) is 10.5 Å². The Balaban J connectivity index is 2.11. The first-order chi connectivity index (χ1) is 8.52. The normalized spacial score (nSPS) is 21.5. The van der Waals surface area contributed by atoms with Gasteiger partial charge in [-0.3, -0.25) is 4.79 Å². The van der Waals surface area contributed by atoms with E-state index in [1.807, 2.05) is 7.05 Å². The van der Waals surface area contributed by atoms with Gasteiger partial charge in [0.2, 0.25) is 0 Å². The highest BCUT2D eigenvalue weighted by Gasteiger charge is 2.34. The number of carbonyl (C=O) groups excluding carboxylic acids is 1. The molecular formula is C14H20N2O2. The monoisotopic (exact) mass is 248 g/mol. The molecule has 0 heterocycles. The van der Waals surface area contributed by atoms with Crippen LogP contribution in [0.1, 0.15) is 23.7 Å². The molecule has 2 rings (SSSR count). The average molecular weight is 248 g/mol. The quantitative estimate of drug-likeness (QED) is 0.829. The van der Waals surface area contributed by atoms with Crippen LogP contribution in [0.4, 0.5) is 5.69 Å². The molecule has 0 saturated heterocycles. The van der Waals surface area contributed by atoms with Gasteiger partial charge < -0.3 is 15.4 Å². The topological polar surface area (TPSA) is 55.6 Å². The molecule has 4 nitrogen and oxygen atoms in total. The molecule has 1 fully saturated rings. The van der Waals surface area contributed by atoms with E-state index < -0.39 is 0 Å². The summed E-state index contributed by atoms with van der Waals surface area (Å²) >= 11 is 0. The third-order valence-electron chi connectivity index (χ3n) is 3.62. The molecule has 0 aliphatic heterocycles. The second kappa shape index (κ2) is 4.88. The number of benzene rings is 1. The fraction of sp³-hybridized carbons (Fsp3) is 0.500. The van der Waals surface area contributed by atoms with Gasteiger partial charge in [0.05, 0.1) is 12.7 Å². The molecular weight excluding hydrogens is 228 g/mol. The van der Waals surface area contributed by atoms with E-state index in [-0.39, 0.29) is 5.91 Å². The molecule has 1 saturated carbocycles. The van der Waals surface area contributed by atoms with Crippen LogP contribution in [-0.2, 0) is 0 Å². The van der Waals surface area contributed by atoms with Gasteiger partial charge in [0.1, 0.15) is 5.75 Å². The number of nitrogens with zero attached hydrogens (tertiary/aromatic N) is 1. The maximum atomic E-state index is 12.3. The number of nitrogens with two attached hydrogens (primary N) is 1. The Morgan fingerprint density at radius 3 is 2.78 bits per heavy atom. The lowest BCUT2D eigenvalue weighted by Gasteiger charge is -2.18. The summed E-state index contributed by atoms with van der Waals surface area (Å²) in [6, 6.07) is 5.17. The first kappa shape index (κ1) is 12.7. The van der Waals surface area contributed by atoms with Gasteiger partial charge in [-0.25, -0.2) is 0 Å². The number of rotatable bonds is 4. The van der Waals surface area contributed by atoms with E-state index in [0.29, 0.717) is 22.9 Å². The molecule has 2 N–H and O–H groups in total. The van der Waals surface area contributed by atoms with Crippen molar-refractivity contribution < 1.29 is 9.53 Å².